The second-order valence-corrected chi connectivity index (χ2v) is 14.0. The molecule has 0 fully saturated rings. The maximum Gasteiger partial charge on any atom is 0.164 e. The molecule has 0 spiro atoms. The van der Waals surface area contributed by atoms with Gasteiger partial charge in [-0.2, -0.15) is 0 Å². The molecule has 258 valence electrons. The molecule has 1 heterocycles. The van der Waals surface area contributed by atoms with Crippen molar-refractivity contribution in [2.45, 2.75) is 5.41 Å². The van der Waals surface area contributed by atoms with Crippen molar-refractivity contribution in [3.8, 4) is 67.5 Å². The molecular formula is C52H35N3. The van der Waals surface area contributed by atoms with Gasteiger partial charge in [-0.1, -0.05) is 200 Å². The van der Waals surface area contributed by atoms with Crippen molar-refractivity contribution in [2.75, 3.05) is 0 Å². The van der Waals surface area contributed by atoms with E-state index >= 15 is 0 Å². The zero-order chi connectivity index (χ0) is 36.6. The average Bonchev–Trinajstić information content (AvgIpc) is 3.58. The van der Waals surface area contributed by atoms with Crippen molar-refractivity contribution in [3.05, 3.63) is 235 Å². The Morgan fingerprint density at radius 3 is 1.29 bits per heavy atom. The molecule has 0 bridgehead atoms. The van der Waals surface area contributed by atoms with Crippen LogP contribution in [-0.4, -0.2) is 15.0 Å². The third kappa shape index (κ3) is 5.65. The summed E-state index contributed by atoms with van der Waals surface area (Å²) in [6.45, 7) is 0. The van der Waals surface area contributed by atoms with E-state index in [0.717, 1.165) is 33.4 Å². The van der Waals surface area contributed by atoms with Gasteiger partial charge in [-0.3, -0.25) is 0 Å². The van der Waals surface area contributed by atoms with E-state index in [9.17, 15) is 0 Å². The predicted molar refractivity (Wildman–Crippen MR) is 224 cm³/mol. The lowest BCUT2D eigenvalue weighted by atomic mass is 9.67. The fourth-order valence-corrected chi connectivity index (χ4v) is 8.26. The highest BCUT2D eigenvalue weighted by molar-refractivity contribution is 5.89. The first-order chi connectivity index (χ1) is 27.3. The maximum atomic E-state index is 5.09. The topological polar surface area (TPSA) is 38.7 Å². The monoisotopic (exact) mass is 701 g/mol. The fraction of sp³-hybridized carbons (Fsp3) is 0.0192. The Balaban J connectivity index is 1.09. The van der Waals surface area contributed by atoms with E-state index in [-0.39, 0.29) is 0 Å². The van der Waals surface area contributed by atoms with E-state index in [1.54, 1.807) is 0 Å². The van der Waals surface area contributed by atoms with Crippen LogP contribution in [0.5, 0.6) is 0 Å². The third-order valence-corrected chi connectivity index (χ3v) is 10.8. The molecule has 0 unspecified atom stereocenters. The number of hydrogen-bond acceptors (Lipinski definition) is 3. The highest BCUT2D eigenvalue weighted by Crippen LogP contribution is 2.56. The molecule has 3 heteroatoms. The van der Waals surface area contributed by atoms with Gasteiger partial charge < -0.3 is 0 Å². The molecule has 1 aromatic heterocycles. The summed E-state index contributed by atoms with van der Waals surface area (Å²) in [5.41, 5.74) is 14.6. The van der Waals surface area contributed by atoms with Gasteiger partial charge in [-0.15, -0.1) is 0 Å². The zero-order valence-electron chi connectivity index (χ0n) is 30.0. The molecule has 1 aliphatic rings. The number of benzene rings is 8. The first-order valence-electron chi connectivity index (χ1n) is 18.7. The molecule has 0 radical (unpaired) electrons. The van der Waals surface area contributed by atoms with Gasteiger partial charge >= 0.3 is 0 Å². The van der Waals surface area contributed by atoms with E-state index in [1.807, 2.05) is 36.4 Å². The smallest absolute Gasteiger partial charge is 0.164 e. The summed E-state index contributed by atoms with van der Waals surface area (Å²) < 4.78 is 0. The van der Waals surface area contributed by atoms with Crippen LogP contribution in [0.4, 0.5) is 0 Å². The molecule has 0 atom stereocenters. The van der Waals surface area contributed by atoms with E-state index in [2.05, 4.69) is 176 Å². The molecule has 0 amide bonds. The number of rotatable bonds is 7. The molecule has 0 aliphatic heterocycles. The molecule has 0 saturated carbocycles. The zero-order valence-corrected chi connectivity index (χ0v) is 30.0. The number of nitrogens with zero attached hydrogens (tertiary/aromatic N) is 3. The van der Waals surface area contributed by atoms with Crippen molar-refractivity contribution in [2.24, 2.45) is 0 Å². The van der Waals surface area contributed by atoms with Crippen LogP contribution in [0.3, 0.4) is 0 Å². The Morgan fingerprint density at radius 2 is 0.655 bits per heavy atom. The summed E-state index contributed by atoms with van der Waals surface area (Å²) in [5, 5.41) is 0. The quantitative estimate of drug-likeness (QED) is 0.166. The van der Waals surface area contributed by atoms with Crippen LogP contribution in [0.15, 0.2) is 212 Å². The first kappa shape index (κ1) is 32.4. The molecular weight excluding hydrogens is 667 g/mol. The summed E-state index contributed by atoms with van der Waals surface area (Å²) >= 11 is 0. The van der Waals surface area contributed by atoms with Gasteiger partial charge in [-0.05, 0) is 67.8 Å². The summed E-state index contributed by atoms with van der Waals surface area (Å²) in [7, 11) is 0. The van der Waals surface area contributed by atoms with E-state index < -0.39 is 5.41 Å². The highest BCUT2D eigenvalue weighted by atomic mass is 15.0. The molecule has 0 saturated heterocycles. The Bertz CT molecular complexity index is 2740. The Hall–Kier alpha value is -7.23. The fourth-order valence-electron chi connectivity index (χ4n) is 8.26. The van der Waals surface area contributed by atoms with Gasteiger partial charge in [0.2, 0.25) is 0 Å². The van der Waals surface area contributed by atoms with Gasteiger partial charge in [0.1, 0.15) is 0 Å². The molecule has 3 nitrogen and oxygen atoms in total. The predicted octanol–water partition coefficient (Wildman–Crippen LogP) is 12.6. The molecule has 10 rings (SSSR count). The molecule has 55 heavy (non-hydrogen) atoms. The van der Waals surface area contributed by atoms with Crippen LogP contribution < -0.4 is 0 Å². The van der Waals surface area contributed by atoms with Gasteiger partial charge in [-0.25, -0.2) is 15.0 Å². The van der Waals surface area contributed by atoms with Crippen LogP contribution >= 0.6 is 0 Å². The van der Waals surface area contributed by atoms with Crippen LogP contribution in [0.2, 0.25) is 0 Å². The van der Waals surface area contributed by atoms with Crippen molar-refractivity contribution < 1.29 is 0 Å². The molecule has 8 aromatic carbocycles. The summed E-state index contributed by atoms with van der Waals surface area (Å²) in [5.74, 6) is 1.92. The molecule has 9 aromatic rings. The Morgan fingerprint density at radius 1 is 0.255 bits per heavy atom. The first-order valence-corrected chi connectivity index (χ1v) is 18.7. The van der Waals surface area contributed by atoms with Gasteiger partial charge in [0.05, 0.1) is 5.41 Å². The van der Waals surface area contributed by atoms with Crippen molar-refractivity contribution >= 4 is 0 Å². The van der Waals surface area contributed by atoms with Gasteiger partial charge in [0.25, 0.3) is 0 Å². The van der Waals surface area contributed by atoms with E-state index in [4.69, 9.17) is 15.0 Å². The maximum absolute atomic E-state index is 5.09. The summed E-state index contributed by atoms with van der Waals surface area (Å²) in [6.07, 6.45) is 0. The van der Waals surface area contributed by atoms with Crippen LogP contribution in [0.1, 0.15) is 22.3 Å². The van der Waals surface area contributed by atoms with E-state index in [1.165, 1.54) is 38.9 Å². The standard InChI is InChI=1S/C52H35N3/c1-5-16-36(17-6-1)37-28-30-39(31-29-37)50-53-49(38-18-7-2-8-19-38)54-51(55-50)42-21-15-20-40(34-42)41-32-33-48-46(35-41)45-26-13-14-27-47(45)52(48,43-22-9-3-10-23-43)44-24-11-4-12-25-44/h1-35H. The Labute approximate surface area is 321 Å². The average molecular weight is 702 g/mol. The normalized spacial score (nSPS) is 12.5. The largest absolute Gasteiger partial charge is 0.208 e. The second-order valence-electron chi connectivity index (χ2n) is 14.0. The lowest BCUT2D eigenvalue weighted by Gasteiger charge is -2.33. The van der Waals surface area contributed by atoms with Crippen molar-refractivity contribution in [1.82, 2.24) is 15.0 Å². The summed E-state index contributed by atoms with van der Waals surface area (Å²) in [6, 6.07) is 75.3. The lowest BCUT2D eigenvalue weighted by molar-refractivity contribution is 0.768. The minimum Gasteiger partial charge on any atom is -0.208 e. The van der Waals surface area contributed by atoms with Gasteiger partial charge in [0.15, 0.2) is 17.5 Å². The Kier molecular flexibility index (Phi) is 8.04. The van der Waals surface area contributed by atoms with Crippen LogP contribution in [-0.2, 0) is 5.41 Å². The minimum atomic E-state index is -0.427. The van der Waals surface area contributed by atoms with Crippen molar-refractivity contribution in [3.63, 3.8) is 0 Å². The third-order valence-electron chi connectivity index (χ3n) is 10.8. The lowest BCUT2D eigenvalue weighted by Crippen LogP contribution is -2.28. The van der Waals surface area contributed by atoms with Crippen LogP contribution in [0, 0.1) is 0 Å². The number of hydrogen-bond donors (Lipinski definition) is 0. The SMILES string of the molecule is c1ccc(-c2ccc(-c3nc(-c4ccccc4)nc(-c4cccc(-c5ccc6c(c5)-c5ccccc5C6(c5ccccc5)c5ccccc5)c4)n3)cc2)cc1. The van der Waals surface area contributed by atoms with Crippen molar-refractivity contribution in [1.29, 1.82) is 0 Å². The summed E-state index contributed by atoms with van der Waals surface area (Å²) in [4.78, 5) is 15.1. The highest BCUT2D eigenvalue weighted by Gasteiger charge is 2.45. The number of aromatic nitrogens is 3. The van der Waals surface area contributed by atoms with Gasteiger partial charge in [0, 0.05) is 16.7 Å². The minimum absolute atomic E-state index is 0.427. The molecule has 1 aliphatic carbocycles. The molecule has 0 N–H and O–H groups in total. The number of fused-ring (bicyclic) bond motifs is 3. The second kappa shape index (κ2) is 13.6. The van der Waals surface area contributed by atoms with Crippen LogP contribution in [0.25, 0.3) is 67.5 Å². The van der Waals surface area contributed by atoms with E-state index in [0.29, 0.717) is 17.5 Å².